The van der Waals surface area contributed by atoms with Crippen molar-refractivity contribution in [3.05, 3.63) is 42.0 Å². The maximum Gasteiger partial charge on any atom is 0.303 e. The first-order chi connectivity index (χ1) is 11.0. The van der Waals surface area contributed by atoms with Crippen molar-refractivity contribution in [1.29, 1.82) is 0 Å². The lowest BCUT2D eigenvalue weighted by Gasteiger charge is -2.00. The molecule has 0 amide bonds. The van der Waals surface area contributed by atoms with Crippen LogP contribution in [0.1, 0.15) is 18.0 Å². The standard InChI is InChI=1S/C16H16N4O3/c1-10-16(23-14(18-10)7-8-15(21)22)12-5-3-11(4-6-12)13-9-17-20(2)19-13/h3-6,9H,7-8H2,1-2H3,(H,21,22). The predicted octanol–water partition coefficient (Wildman–Crippen LogP) is 2.46. The number of nitrogens with zero attached hydrogens (tertiary/aromatic N) is 4. The number of carboxylic acids is 1. The van der Waals surface area contributed by atoms with Gasteiger partial charge in [-0.05, 0) is 6.92 Å². The summed E-state index contributed by atoms with van der Waals surface area (Å²) < 4.78 is 5.69. The normalized spacial score (nSPS) is 10.9. The van der Waals surface area contributed by atoms with Gasteiger partial charge in [0.25, 0.3) is 0 Å². The SMILES string of the molecule is Cc1nc(CCC(=O)O)oc1-c1ccc(-c2cnn(C)n2)cc1. The minimum absolute atomic E-state index is 0.00497. The van der Waals surface area contributed by atoms with Crippen molar-refractivity contribution in [3.63, 3.8) is 0 Å². The number of benzene rings is 1. The molecule has 0 fully saturated rings. The number of carbonyl (C=O) groups is 1. The first-order valence-electron chi connectivity index (χ1n) is 7.18. The number of aromatic nitrogens is 4. The van der Waals surface area contributed by atoms with Crippen LogP contribution in [0.15, 0.2) is 34.9 Å². The largest absolute Gasteiger partial charge is 0.481 e. The number of hydrogen-bond donors (Lipinski definition) is 1. The van der Waals surface area contributed by atoms with Crippen LogP contribution in [0.3, 0.4) is 0 Å². The van der Waals surface area contributed by atoms with E-state index >= 15 is 0 Å². The number of hydrogen-bond acceptors (Lipinski definition) is 5. The molecule has 1 N–H and O–H groups in total. The average Bonchev–Trinajstić information content (AvgIpc) is 3.11. The van der Waals surface area contributed by atoms with Crippen LogP contribution < -0.4 is 0 Å². The molecule has 3 rings (SSSR count). The fraction of sp³-hybridized carbons (Fsp3) is 0.250. The van der Waals surface area contributed by atoms with Gasteiger partial charge >= 0.3 is 5.97 Å². The fourth-order valence-corrected chi connectivity index (χ4v) is 2.31. The molecule has 2 heterocycles. The molecular formula is C16H16N4O3. The van der Waals surface area contributed by atoms with Crippen molar-refractivity contribution in [2.24, 2.45) is 7.05 Å². The van der Waals surface area contributed by atoms with E-state index in [2.05, 4.69) is 15.2 Å². The number of aliphatic carboxylic acids is 1. The van der Waals surface area contributed by atoms with Gasteiger partial charge in [0.05, 0.1) is 18.3 Å². The average molecular weight is 312 g/mol. The highest BCUT2D eigenvalue weighted by Crippen LogP contribution is 2.27. The van der Waals surface area contributed by atoms with E-state index in [1.165, 1.54) is 4.80 Å². The third-order valence-electron chi connectivity index (χ3n) is 3.44. The van der Waals surface area contributed by atoms with Gasteiger partial charge in [0.15, 0.2) is 11.7 Å². The zero-order valence-corrected chi connectivity index (χ0v) is 12.9. The van der Waals surface area contributed by atoms with E-state index in [1.54, 1.807) is 13.2 Å². The van der Waals surface area contributed by atoms with Crippen LogP contribution in [0.4, 0.5) is 0 Å². The predicted molar refractivity (Wildman–Crippen MR) is 82.6 cm³/mol. The van der Waals surface area contributed by atoms with Crippen LogP contribution in [-0.4, -0.2) is 31.1 Å². The highest BCUT2D eigenvalue weighted by atomic mass is 16.4. The number of aryl methyl sites for hydroxylation is 3. The Morgan fingerprint density at radius 1 is 1.26 bits per heavy atom. The molecule has 0 unspecified atom stereocenters. The van der Waals surface area contributed by atoms with Crippen molar-refractivity contribution in [2.45, 2.75) is 19.8 Å². The Hall–Kier alpha value is -2.96. The molecule has 0 bridgehead atoms. The summed E-state index contributed by atoms with van der Waals surface area (Å²) in [5.41, 5.74) is 3.41. The maximum atomic E-state index is 10.6. The summed E-state index contributed by atoms with van der Waals surface area (Å²) in [5, 5.41) is 17.0. The van der Waals surface area contributed by atoms with E-state index in [0.717, 1.165) is 22.5 Å². The molecule has 23 heavy (non-hydrogen) atoms. The van der Waals surface area contributed by atoms with E-state index in [-0.39, 0.29) is 12.8 Å². The molecular weight excluding hydrogens is 296 g/mol. The van der Waals surface area contributed by atoms with Gasteiger partial charge in [0.2, 0.25) is 0 Å². The molecule has 0 spiro atoms. The summed E-state index contributed by atoms with van der Waals surface area (Å²) in [5.74, 6) is 0.240. The Bertz CT molecular complexity index is 833. The van der Waals surface area contributed by atoms with Crippen LogP contribution in [0.2, 0.25) is 0 Å². The van der Waals surface area contributed by atoms with Crippen LogP contribution in [-0.2, 0) is 18.3 Å². The minimum atomic E-state index is -0.865. The molecule has 0 radical (unpaired) electrons. The van der Waals surface area contributed by atoms with Crippen molar-refractivity contribution in [1.82, 2.24) is 20.0 Å². The Morgan fingerprint density at radius 2 is 1.96 bits per heavy atom. The van der Waals surface area contributed by atoms with E-state index in [9.17, 15) is 4.79 Å². The van der Waals surface area contributed by atoms with Gasteiger partial charge in [0, 0.05) is 24.6 Å². The molecule has 0 atom stereocenters. The molecule has 7 nitrogen and oxygen atoms in total. The van der Waals surface area contributed by atoms with E-state index in [4.69, 9.17) is 9.52 Å². The number of oxazole rings is 1. The van der Waals surface area contributed by atoms with E-state index in [1.807, 2.05) is 31.2 Å². The molecule has 0 saturated carbocycles. The first kappa shape index (κ1) is 15.0. The number of rotatable bonds is 5. The lowest BCUT2D eigenvalue weighted by molar-refractivity contribution is -0.137. The topological polar surface area (TPSA) is 94.0 Å². The van der Waals surface area contributed by atoms with Gasteiger partial charge in [-0.2, -0.15) is 15.0 Å². The Balaban J connectivity index is 1.83. The molecule has 3 aromatic rings. The van der Waals surface area contributed by atoms with E-state index in [0.29, 0.717) is 11.7 Å². The van der Waals surface area contributed by atoms with Crippen molar-refractivity contribution in [2.75, 3.05) is 0 Å². The third kappa shape index (κ3) is 3.28. The second kappa shape index (κ2) is 6.04. The summed E-state index contributed by atoms with van der Waals surface area (Å²) in [6.07, 6.45) is 2.00. The van der Waals surface area contributed by atoms with Crippen molar-refractivity contribution in [3.8, 4) is 22.6 Å². The quantitative estimate of drug-likeness (QED) is 0.777. The van der Waals surface area contributed by atoms with Gasteiger partial charge in [-0.1, -0.05) is 24.3 Å². The molecule has 0 aliphatic heterocycles. The Labute approximate surface area is 132 Å². The molecule has 118 valence electrons. The molecule has 2 aromatic heterocycles. The minimum Gasteiger partial charge on any atom is -0.481 e. The number of carboxylic acid groups (broad SMARTS) is 1. The zero-order valence-electron chi connectivity index (χ0n) is 12.9. The molecule has 0 saturated heterocycles. The summed E-state index contributed by atoms with van der Waals surface area (Å²) >= 11 is 0. The second-order valence-electron chi connectivity index (χ2n) is 5.21. The van der Waals surface area contributed by atoms with Crippen molar-refractivity contribution < 1.29 is 14.3 Å². The highest BCUT2D eigenvalue weighted by Gasteiger charge is 2.13. The Morgan fingerprint density at radius 3 is 2.57 bits per heavy atom. The molecule has 0 aliphatic carbocycles. The van der Waals surface area contributed by atoms with Crippen LogP contribution in [0.5, 0.6) is 0 Å². The lowest BCUT2D eigenvalue weighted by Crippen LogP contribution is -1.97. The summed E-state index contributed by atoms with van der Waals surface area (Å²) in [4.78, 5) is 16.4. The van der Waals surface area contributed by atoms with Gasteiger partial charge in [-0.15, -0.1) is 0 Å². The smallest absolute Gasteiger partial charge is 0.303 e. The van der Waals surface area contributed by atoms with Gasteiger partial charge < -0.3 is 9.52 Å². The molecule has 1 aromatic carbocycles. The fourth-order valence-electron chi connectivity index (χ4n) is 2.31. The van der Waals surface area contributed by atoms with Crippen LogP contribution in [0.25, 0.3) is 22.6 Å². The van der Waals surface area contributed by atoms with Crippen LogP contribution >= 0.6 is 0 Å². The van der Waals surface area contributed by atoms with Crippen molar-refractivity contribution >= 4 is 5.97 Å². The summed E-state index contributed by atoms with van der Waals surface area (Å²) in [6, 6.07) is 7.74. The van der Waals surface area contributed by atoms with E-state index < -0.39 is 5.97 Å². The lowest BCUT2D eigenvalue weighted by atomic mass is 10.1. The first-order valence-corrected chi connectivity index (χ1v) is 7.18. The monoisotopic (exact) mass is 312 g/mol. The van der Waals surface area contributed by atoms with Gasteiger partial charge in [-0.3, -0.25) is 4.79 Å². The maximum absolute atomic E-state index is 10.6. The van der Waals surface area contributed by atoms with Gasteiger partial charge in [-0.25, -0.2) is 4.98 Å². The molecule has 7 heteroatoms. The summed E-state index contributed by atoms with van der Waals surface area (Å²) in [6.45, 7) is 1.85. The second-order valence-corrected chi connectivity index (χ2v) is 5.21. The Kier molecular flexibility index (Phi) is 3.92. The van der Waals surface area contributed by atoms with Crippen LogP contribution in [0, 0.1) is 6.92 Å². The zero-order chi connectivity index (χ0) is 16.4. The summed E-state index contributed by atoms with van der Waals surface area (Å²) in [7, 11) is 1.77. The van der Waals surface area contributed by atoms with Gasteiger partial charge in [0.1, 0.15) is 5.69 Å². The molecule has 0 aliphatic rings. The highest BCUT2D eigenvalue weighted by molar-refractivity contribution is 5.67. The third-order valence-corrected chi connectivity index (χ3v) is 3.44.